The fourth-order valence-corrected chi connectivity index (χ4v) is 4.87. The van der Waals surface area contributed by atoms with E-state index in [4.69, 9.17) is 4.74 Å². The summed E-state index contributed by atoms with van der Waals surface area (Å²) in [5.41, 5.74) is -0.389. The Morgan fingerprint density at radius 2 is 2.00 bits per heavy atom. The zero-order chi connectivity index (χ0) is 19.8. The summed E-state index contributed by atoms with van der Waals surface area (Å²) in [5.74, 6) is -2.17. The number of ether oxygens (including phenoxy) is 1. The molecule has 0 aromatic heterocycles. The molecule has 0 bridgehead atoms. The number of allylic oxidation sites excluding steroid dienone is 1. The highest BCUT2D eigenvalue weighted by Crippen LogP contribution is 2.64. The number of carbonyl (C=O) groups is 2. The van der Waals surface area contributed by atoms with Gasteiger partial charge in [-0.25, -0.2) is 5.06 Å². The topological polar surface area (TPSA) is 82.1 Å². The number of methoxy groups -OCH3 is 1. The fourth-order valence-electron chi connectivity index (χ4n) is 4.87. The average Bonchev–Trinajstić information content (AvgIpc) is 3.05. The maximum absolute atomic E-state index is 13.2. The Balaban J connectivity index is 2.20. The minimum atomic E-state index is -1.51. The van der Waals surface area contributed by atoms with Crippen LogP contribution in [0, 0.1) is 5.41 Å². The summed E-state index contributed by atoms with van der Waals surface area (Å²) in [7, 11) is 1.43. The van der Waals surface area contributed by atoms with E-state index in [2.05, 4.69) is 11.9 Å². The third kappa shape index (κ3) is 1.66. The Morgan fingerprint density at radius 3 is 2.63 bits per heavy atom. The molecular weight excluding hydrogens is 346 g/mol. The van der Waals surface area contributed by atoms with Crippen LogP contribution in [0.25, 0.3) is 0 Å². The van der Waals surface area contributed by atoms with Crippen LogP contribution in [0.2, 0.25) is 0 Å². The van der Waals surface area contributed by atoms with E-state index >= 15 is 0 Å². The second-order valence-electron chi connectivity index (χ2n) is 7.79. The number of hydrogen-bond acceptors (Lipinski definition) is 5. The molecule has 2 N–H and O–H groups in total. The third-order valence-corrected chi connectivity index (χ3v) is 6.35. The molecule has 3 atom stereocenters. The lowest BCUT2D eigenvalue weighted by Crippen LogP contribution is -2.76. The normalized spacial score (nSPS) is 31.7. The monoisotopic (exact) mass is 369 g/mol. The lowest BCUT2D eigenvalue weighted by molar-refractivity contribution is -0.150. The molecule has 1 saturated heterocycles. The van der Waals surface area contributed by atoms with Crippen molar-refractivity contribution in [3.05, 3.63) is 54.3 Å². The molecule has 0 radical (unpaired) electrons. The molecule has 3 aliphatic rings. The summed E-state index contributed by atoms with van der Waals surface area (Å²) in [6.45, 7) is 9.56. The van der Waals surface area contributed by atoms with E-state index in [-0.39, 0.29) is 11.7 Å². The van der Waals surface area contributed by atoms with Crippen molar-refractivity contribution in [3.63, 3.8) is 0 Å². The molecule has 3 aliphatic heterocycles. The van der Waals surface area contributed by atoms with Crippen molar-refractivity contribution in [3.8, 4) is 0 Å². The molecular formula is C20H23N3O4. The van der Waals surface area contributed by atoms with Gasteiger partial charge >= 0.3 is 0 Å². The average molecular weight is 369 g/mol. The van der Waals surface area contributed by atoms with Gasteiger partial charge in [-0.05, 0) is 24.6 Å². The van der Waals surface area contributed by atoms with Crippen LogP contribution in [0.4, 0.5) is 5.69 Å². The number of fused-ring (bicyclic) bond motifs is 2. The number of carbonyl (C=O) groups excluding carboxylic acids is 2. The maximum atomic E-state index is 13.2. The lowest BCUT2D eigenvalue weighted by Gasteiger charge is -2.56. The molecule has 3 heterocycles. The van der Waals surface area contributed by atoms with Gasteiger partial charge in [-0.3, -0.25) is 19.7 Å². The van der Waals surface area contributed by atoms with Gasteiger partial charge < -0.3 is 10.1 Å². The summed E-state index contributed by atoms with van der Waals surface area (Å²) in [4.78, 5) is 27.3. The van der Waals surface area contributed by atoms with Gasteiger partial charge in [0.2, 0.25) is 11.7 Å². The van der Waals surface area contributed by atoms with Gasteiger partial charge in [-0.2, -0.15) is 0 Å². The number of hydrogen-bond donors (Lipinski definition) is 2. The maximum Gasteiger partial charge on any atom is 0.292 e. The number of nitrogens with zero attached hydrogens (tertiary/aromatic N) is 2. The van der Waals surface area contributed by atoms with Crippen molar-refractivity contribution in [2.75, 3.05) is 12.2 Å². The number of nitrogens with one attached hydrogen (secondary N) is 1. The predicted molar refractivity (Wildman–Crippen MR) is 98.6 cm³/mol. The van der Waals surface area contributed by atoms with Crippen LogP contribution in [0.5, 0.6) is 0 Å². The number of amides is 2. The second kappa shape index (κ2) is 5.13. The molecule has 1 fully saturated rings. The quantitative estimate of drug-likeness (QED) is 0.795. The Labute approximate surface area is 157 Å². The van der Waals surface area contributed by atoms with Crippen molar-refractivity contribution in [2.45, 2.75) is 38.0 Å². The molecule has 27 heavy (non-hydrogen) atoms. The van der Waals surface area contributed by atoms with E-state index in [0.29, 0.717) is 5.69 Å². The largest absolute Gasteiger partial charge is 0.491 e. The zero-order valence-electron chi connectivity index (χ0n) is 15.8. The van der Waals surface area contributed by atoms with Gasteiger partial charge in [0.1, 0.15) is 6.04 Å². The Kier molecular flexibility index (Phi) is 3.35. The first kappa shape index (κ1) is 17.6. The van der Waals surface area contributed by atoms with Crippen molar-refractivity contribution in [2.24, 2.45) is 5.41 Å². The molecule has 7 heteroatoms. The first-order valence-corrected chi connectivity index (χ1v) is 8.84. The molecule has 0 saturated carbocycles. The van der Waals surface area contributed by atoms with Crippen LogP contribution in [0.3, 0.4) is 0 Å². The lowest BCUT2D eigenvalue weighted by atomic mass is 9.57. The number of benzene rings is 1. The molecule has 1 aromatic carbocycles. The zero-order valence-corrected chi connectivity index (χ0v) is 15.8. The predicted octanol–water partition coefficient (Wildman–Crippen LogP) is 1.89. The van der Waals surface area contributed by atoms with E-state index < -0.39 is 28.6 Å². The molecule has 0 aliphatic carbocycles. The number of hydroxylamine groups is 1. The number of anilines is 1. The van der Waals surface area contributed by atoms with Gasteiger partial charge in [0.15, 0.2) is 5.76 Å². The summed E-state index contributed by atoms with van der Waals surface area (Å²) in [6, 6.07) is 6.55. The van der Waals surface area contributed by atoms with Crippen molar-refractivity contribution in [1.29, 1.82) is 0 Å². The van der Waals surface area contributed by atoms with Crippen LogP contribution in [0.1, 0.15) is 26.3 Å². The number of rotatable bonds is 3. The van der Waals surface area contributed by atoms with Crippen molar-refractivity contribution >= 4 is 17.5 Å². The Morgan fingerprint density at radius 1 is 1.33 bits per heavy atom. The van der Waals surface area contributed by atoms with Gasteiger partial charge in [0.25, 0.3) is 5.91 Å². The van der Waals surface area contributed by atoms with Gasteiger partial charge in [0.05, 0.1) is 18.2 Å². The summed E-state index contributed by atoms with van der Waals surface area (Å²) in [6.07, 6.45) is 3.50. The van der Waals surface area contributed by atoms with E-state index in [0.717, 1.165) is 10.6 Å². The first-order chi connectivity index (χ1) is 12.7. The smallest absolute Gasteiger partial charge is 0.292 e. The third-order valence-electron chi connectivity index (χ3n) is 6.35. The van der Waals surface area contributed by atoms with Gasteiger partial charge in [-0.15, -0.1) is 6.58 Å². The van der Waals surface area contributed by atoms with E-state index in [1.807, 2.05) is 26.0 Å². The molecule has 1 spiro atoms. The molecule has 3 unspecified atom stereocenters. The highest BCUT2D eigenvalue weighted by molar-refractivity contribution is 6.02. The molecule has 1 aromatic rings. The fraction of sp³-hybridized carbons (Fsp3) is 0.400. The molecule has 2 amide bonds. The van der Waals surface area contributed by atoms with Gasteiger partial charge in [-0.1, -0.05) is 38.1 Å². The van der Waals surface area contributed by atoms with Crippen LogP contribution >= 0.6 is 0 Å². The SMILES string of the molecule is C=CC(C)(C)C12C=C(OC)C(=O)N3C(C)C(=O)NC31N(O)c1ccccc12. The molecule has 4 rings (SSSR count). The minimum absolute atomic E-state index is 0.133. The highest BCUT2D eigenvalue weighted by Gasteiger charge is 2.76. The van der Waals surface area contributed by atoms with E-state index in [9.17, 15) is 14.8 Å². The standard InChI is InChI=1S/C20H23N3O4/c1-6-18(3,4)19-11-15(27-5)17(25)22-12(2)16(24)21-20(19,22)23(26)14-10-8-7-9-13(14)19/h6-12,26H,1H2,2-5H3,(H,21,24). The Bertz CT molecular complexity index is 908. The summed E-state index contributed by atoms with van der Waals surface area (Å²) >= 11 is 0. The highest BCUT2D eigenvalue weighted by atomic mass is 16.5. The number of para-hydroxylation sites is 1. The van der Waals surface area contributed by atoms with Crippen LogP contribution in [-0.4, -0.2) is 40.9 Å². The van der Waals surface area contributed by atoms with Crippen LogP contribution < -0.4 is 10.4 Å². The van der Waals surface area contributed by atoms with Crippen LogP contribution in [-0.2, 0) is 19.7 Å². The summed E-state index contributed by atoms with van der Waals surface area (Å²) < 4.78 is 5.41. The minimum Gasteiger partial charge on any atom is -0.491 e. The Hall–Kier alpha value is -2.80. The van der Waals surface area contributed by atoms with Crippen molar-refractivity contribution < 1.29 is 19.5 Å². The molecule has 7 nitrogen and oxygen atoms in total. The van der Waals surface area contributed by atoms with E-state index in [1.54, 1.807) is 31.2 Å². The summed E-state index contributed by atoms with van der Waals surface area (Å²) in [5, 5.41) is 15.2. The second-order valence-corrected chi connectivity index (χ2v) is 7.79. The van der Waals surface area contributed by atoms with Gasteiger partial charge in [0, 0.05) is 5.41 Å². The first-order valence-electron chi connectivity index (χ1n) is 8.84. The van der Waals surface area contributed by atoms with Crippen LogP contribution in [0.15, 0.2) is 48.8 Å². The van der Waals surface area contributed by atoms with Crippen molar-refractivity contribution in [1.82, 2.24) is 10.2 Å². The molecule has 142 valence electrons. The van der Waals surface area contributed by atoms with E-state index in [1.165, 1.54) is 12.0 Å².